The lowest BCUT2D eigenvalue weighted by molar-refractivity contribution is 0.544. The number of nitrogens with zero attached hydrogens (tertiary/aromatic N) is 2. The van der Waals surface area contributed by atoms with E-state index in [2.05, 4.69) is 29.1 Å². The van der Waals surface area contributed by atoms with Crippen LogP contribution in [0.15, 0.2) is 6.07 Å². The Bertz CT molecular complexity index is 375. The van der Waals surface area contributed by atoms with Crippen LogP contribution in [-0.4, -0.2) is 33.9 Å². The monoisotopic (exact) mass is 274 g/mol. The predicted molar refractivity (Wildman–Crippen MR) is 72.5 cm³/mol. The molecule has 17 heavy (non-hydrogen) atoms. The number of aromatic nitrogens is 2. The molecule has 0 unspecified atom stereocenters. The number of thioether (sulfide) groups is 1. The van der Waals surface area contributed by atoms with Crippen LogP contribution < -0.4 is 10.1 Å². The Morgan fingerprint density at radius 1 is 1.59 bits per heavy atom. The molecule has 0 amide bonds. The third-order valence-electron chi connectivity index (χ3n) is 1.69. The molecular weight excluding hydrogens is 260 g/mol. The predicted octanol–water partition coefficient (Wildman–Crippen LogP) is 2.67. The average molecular weight is 275 g/mol. The number of hydrogen-bond acceptors (Lipinski definition) is 6. The SMILES string of the molecule is CC(C)SCCNc1nc(Cl)cc(OC=N)n1. The molecule has 0 spiro atoms. The van der Waals surface area contributed by atoms with Gasteiger partial charge in [0.2, 0.25) is 11.8 Å². The maximum absolute atomic E-state index is 6.82. The lowest BCUT2D eigenvalue weighted by Gasteiger charge is -2.07. The van der Waals surface area contributed by atoms with E-state index >= 15 is 0 Å². The van der Waals surface area contributed by atoms with Gasteiger partial charge in [-0.3, -0.25) is 5.41 Å². The fourth-order valence-electron chi connectivity index (χ4n) is 1.05. The number of rotatable bonds is 7. The second-order valence-corrected chi connectivity index (χ2v) is 5.51. The molecule has 0 aliphatic rings. The molecule has 0 radical (unpaired) electrons. The molecule has 0 aliphatic carbocycles. The van der Waals surface area contributed by atoms with Gasteiger partial charge in [-0.25, -0.2) is 4.98 Å². The summed E-state index contributed by atoms with van der Waals surface area (Å²) in [6, 6.07) is 1.46. The smallest absolute Gasteiger partial charge is 0.227 e. The molecule has 0 atom stereocenters. The second kappa shape index (κ2) is 7.34. The Morgan fingerprint density at radius 3 is 3.00 bits per heavy atom. The summed E-state index contributed by atoms with van der Waals surface area (Å²) in [5, 5.41) is 10.8. The Labute approximate surface area is 110 Å². The Balaban J connectivity index is 2.49. The van der Waals surface area contributed by atoms with Crippen molar-refractivity contribution < 1.29 is 4.74 Å². The van der Waals surface area contributed by atoms with Crippen molar-refractivity contribution in [3.8, 4) is 5.88 Å². The van der Waals surface area contributed by atoms with E-state index in [0.717, 1.165) is 18.7 Å². The van der Waals surface area contributed by atoms with Gasteiger partial charge in [-0.15, -0.1) is 0 Å². The summed E-state index contributed by atoms with van der Waals surface area (Å²) in [5.74, 6) is 1.65. The van der Waals surface area contributed by atoms with E-state index in [4.69, 9.17) is 21.7 Å². The van der Waals surface area contributed by atoms with Crippen LogP contribution >= 0.6 is 23.4 Å². The Hall–Kier alpha value is -1.01. The minimum absolute atomic E-state index is 0.263. The van der Waals surface area contributed by atoms with Crippen LogP contribution in [0.5, 0.6) is 5.88 Å². The normalized spacial score (nSPS) is 10.4. The topological polar surface area (TPSA) is 70.9 Å². The molecule has 7 heteroatoms. The van der Waals surface area contributed by atoms with Crippen LogP contribution in [0.3, 0.4) is 0 Å². The highest BCUT2D eigenvalue weighted by Crippen LogP contribution is 2.16. The number of ether oxygens (including phenoxy) is 1. The molecule has 5 nitrogen and oxygen atoms in total. The van der Waals surface area contributed by atoms with Gasteiger partial charge in [0.05, 0.1) is 0 Å². The summed E-state index contributed by atoms with van der Waals surface area (Å²) in [6.45, 7) is 5.06. The van der Waals surface area contributed by atoms with Gasteiger partial charge in [0.25, 0.3) is 0 Å². The van der Waals surface area contributed by atoms with Gasteiger partial charge in [-0.2, -0.15) is 16.7 Å². The van der Waals surface area contributed by atoms with Gasteiger partial charge in [-0.05, 0) is 5.25 Å². The van der Waals surface area contributed by atoms with Gasteiger partial charge in [0, 0.05) is 18.4 Å². The summed E-state index contributed by atoms with van der Waals surface area (Å²) in [4.78, 5) is 8.06. The van der Waals surface area contributed by atoms with Crippen molar-refractivity contribution in [1.29, 1.82) is 5.41 Å². The molecule has 0 aromatic carbocycles. The highest BCUT2D eigenvalue weighted by Gasteiger charge is 2.03. The molecule has 1 aromatic rings. The highest BCUT2D eigenvalue weighted by molar-refractivity contribution is 7.99. The molecule has 0 saturated heterocycles. The van der Waals surface area contributed by atoms with Crippen molar-refractivity contribution >= 4 is 35.7 Å². The average Bonchev–Trinajstić information content (AvgIpc) is 2.24. The fourth-order valence-corrected chi connectivity index (χ4v) is 1.92. The molecule has 1 aromatic heterocycles. The van der Waals surface area contributed by atoms with Crippen LogP contribution in [0.2, 0.25) is 5.15 Å². The van der Waals surface area contributed by atoms with Crippen LogP contribution in [0.25, 0.3) is 0 Å². The van der Waals surface area contributed by atoms with Crippen LogP contribution in [0.1, 0.15) is 13.8 Å². The molecule has 0 fully saturated rings. The molecule has 1 rings (SSSR count). The molecular formula is C10H15ClN4OS. The van der Waals surface area contributed by atoms with Crippen molar-refractivity contribution in [2.75, 3.05) is 17.6 Å². The minimum atomic E-state index is 0.263. The molecule has 1 heterocycles. The zero-order valence-corrected chi connectivity index (χ0v) is 11.3. The number of halogens is 1. The first kappa shape index (κ1) is 14.1. The van der Waals surface area contributed by atoms with E-state index in [1.807, 2.05) is 11.8 Å². The summed E-state index contributed by atoms with van der Waals surface area (Å²) in [7, 11) is 0. The summed E-state index contributed by atoms with van der Waals surface area (Å²) in [6.07, 6.45) is 0.803. The molecule has 0 aliphatic heterocycles. The number of nitrogens with one attached hydrogen (secondary N) is 2. The zero-order valence-electron chi connectivity index (χ0n) is 9.74. The van der Waals surface area contributed by atoms with E-state index in [1.54, 1.807) is 0 Å². The number of anilines is 1. The van der Waals surface area contributed by atoms with Crippen molar-refractivity contribution in [1.82, 2.24) is 9.97 Å². The second-order valence-electron chi connectivity index (χ2n) is 3.43. The third-order valence-corrected chi connectivity index (χ3v) is 2.99. The number of hydrogen-bond donors (Lipinski definition) is 2. The zero-order chi connectivity index (χ0) is 12.7. The van der Waals surface area contributed by atoms with Gasteiger partial charge < -0.3 is 10.1 Å². The first-order valence-corrected chi connectivity index (χ1v) is 6.60. The van der Waals surface area contributed by atoms with Crippen molar-refractivity contribution in [3.63, 3.8) is 0 Å². The first-order chi connectivity index (χ1) is 8.11. The van der Waals surface area contributed by atoms with E-state index < -0.39 is 0 Å². The van der Waals surface area contributed by atoms with Crippen molar-refractivity contribution in [2.45, 2.75) is 19.1 Å². The maximum Gasteiger partial charge on any atom is 0.227 e. The standard InChI is InChI=1S/C10H15ClN4OS/c1-7(2)17-4-3-13-10-14-8(11)5-9(15-10)16-6-12/h5-7,12H,3-4H2,1-2H3,(H,13,14,15). The lowest BCUT2D eigenvalue weighted by Crippen LogP contribution is -2.09. The quantitative estimate of drug-likeness (QED) is 0.346. The van der Waals surface area contributed by atoms with Crippen molar-refractivity contribution in [2.24, 2.45) is 0 Å². The molecule has 0 saturated carbocycles. The summed E-state index contributed by atoms with van der Waals surface area (Å²) in [5.41, 5.74) is 0. The highest BCUT2D eigenvalue weighted by atomic mass is 35.5. The van der Waals surface area contributed by atoms with Crippen LogP contribution in [0.4, 0.5) is 5.95 Å². The molecule has 0 bridgehead atoms. The van der Waals surface area contributed by atoms with Gasteiger partial charge in [-0.1, -0.05) is 25.4 Å². The van der Waals surface area contributed by atoms with Gasteiger partial charge >= 0.3 is 0 Å². The largest absolute Gasteiger partial charge is 0.428 e. The molecule has 94 valence electrons. The first-order valence-electron chi connectivity index (χ1n) is 5.17. The van der Waals surface area contributed by atoms with E-state index in [1.165, 1.54) is 6.07 Å². The van der Waals surface area contributed by atoms with Crippen molar-refractivity contribution in [3.05, 3.63) is 11.2 Å². The van der Waals surface area contributed by atoms with Gasteiger partial charge in [0.1, 0.15) is 5.15 Å². The lowest BCUT2D eigenvalue weighted by atomic mass is 10.6. The molecule has 2 N–H and O–H groups in total. The maximum atomic E-state index is 6.82. The van der Waals surface area contributed by atoms with E-state index in [9.17, 15) is 0 Å². The van der Waals surface area contributed by atoms with Gasteiger partial charge in [0.15, 0.2) is 6.40 Å². The fraction of sp³-hybridized carbons (Fsp3) is 0.500. The Morgan fingerprint density at radius 2 is 2.35 bits per heavy atom. The third kappa shape index (κ3) is 5.74. The van der Waals surface area contributed by atoms with Crippen LogP contribution in [-0.2, 0) is 0 Å². The Kier molecular flexibility index (Phi) is 6.07. The summed E-state index contributed by atoms with van der Waals surface area (Å²) < 4.78 is 4.83. The van der Waals surface area contributed by atoms with Crippen LogP contribution in [0, 0.1) is 5.41 Å². The van der Waals surface area contributed by atoms with E-state index in [0.29, 0.717) is 11.2 Å². The summed E-state index contributed by atoms with van der Waals surface area (Å²) >= 11 is 7.65. The van der Waals surface area contributed by atoms with E-state index in [-0.39, 0.29) is 11.0 Å². The minimum Gasteiger partial charge on any atom is -0.428 e.